The molecule has 0 spiro atoms. The summed E-state index contributed by atoms with van der Waals surface area (Å²) in [6.07, 6.45) is 1.93. The van der Waals surface area contributed by atoms with E-state index in [1.54, 1.807) is 0 Å². The van der Waals surface area contributed by atoms with E-state index in [1.165, 1.54) is 18.2 Å². The van der Waals surface area contributed by atoms with E-state index in [0.29, 0.717) is 11.8 Å². The van der Waals surface area contributed by atoms with Crippen LogP contribution in [0.3, 0.4) is 0 Å². The lowest BCUT2D eigenvalue weighted by atomic mass is 10.0. The average molecular weight is 262 g/mol. The van der Waals surface area contributed by atoms with Crippen LogP contribution in [-0.2, 0) is 6.54 Å². The summed E-state index contributed by atoms with van der Waals surface area (Å²) in [7, 11) is 0. The number of nitrogens with one attached hydrogen (secondary N) is 1. The minimum atomic E-state index is -0.497. The van der Waals surface area contributed by atoms with Crippen molar-refractivity contribution < 1.29 is 8.78 Å². The molecule has 0 radical (unpaired) electrons. The molecular formula is C13H18ClF2N. The van der Waals surface area contributed by atoms with Gasteiger partial charge in [-0.25, -0.2) is 8.78 Å². The van der Waals surface area contributed by atoms with Crippen LogP contribution in [0.4, 0.5) is 8.78 Å². The zero-order valence-corrected chi connectivity index (χ0v) is 10.7. The minimum Gasteiger partial charge on any atom is -0.312 e. The van der Waals surface area contributed by atoms with E-state index in [1.807, 2.05) is 0 Å². The molecule has 1 aromatic carbocycles. The first kappa shape index (κ1) is 14.4. The first-order chi connectivity index (χ1) is 8.19. The molecule has 0 bridgehead atoms. The summed E-state index contributed by atoms with van der Waals surface area (Å²) in [4.78, 5) is 0. The Balaban J connectivity index is 2.45. The van der Waals surface area contributed by atoms with Crippen LogP contribution in [-0.4, -0.2) is 12.4 Å². The normalized spacial score (nSPS) is 12.7. The van der Waals surface area contributed by atoms with Gasteiger partial charge in [0.05, 0.1) is 0 Å². The molecule has 0 aromatic heterocycles. The quantitative estimate of drug-likeness (QED) is 0.738. The van der Waals surface area contributed by atoms with E-state index in [0.717, 1.165) is 19.4 Å². The maximum Gasteiger partial charge on any atom is 0.130 e. The van der Waals surface area contributed by atoms with E-state index < -0.39 is 11.6 Å². The Bertz CT molecular complexity index is 324. The zero-order valence-electron chi connectivity index (χ0n) is 9.98. The molecule has 1 aromatic rings. The molecule has 96 valence electrons. The van der Waals surface area contributed by atoms with Gasteiger partial charge in [0.1, 0.15) is 11.6 Å². The molecule has 0 saturated carbocycles. The second-order valence-electron chi connectivity index (χ2n) is 4.08. The van der Waals surface area contributed by atoms with Crippen molar-refractivity contribution in [2.75, 3.05) is 12.4 Å². The molecule has 0 aliphatic rings. The van der Waals surface area contributed by atoms with Gasteiger partial charge in [0.15, 0.2) is 0 Å². The van der Waals surface area contributed by atoms with Crippen LogP contribution in [0.25, 0.3) is 0 Å². The van der Waals surface area contributed by atoms with Crippen LogP contribution >= 0.6 is 11.6 Å². The molecule has 0 aliphatic carbocycles. The molecule has 0 amide bonds. The van der Waals surface area contributed by atoms with Crippen molar-refractivity contribution in [2.45, 2.75) is 26.3 Å². The molecule has 0 saturated heterocycles. The predicted octanol–water partition coefficient (Wildman–Crippen LogP) is 3.71. The lowest BCUT2D eigenvalue weighted by Crippen LogP contribution is -2.23. The summed E-state index contributed by atoms with van der Waals surface area (Å²) in [6.45, 7) is 3.04. The number of hydrogen-bond acceptors (Lipinski definition) is 1. The Kier molecular flexibility index (Phi) is 6.45. The molecular weight excluding hydrogens is 244 g/mol. The van der Waals surface area contributed by atoms with Crippen LogP contribution in [0.15, 0.2) is 18.2 Å². The van der Waals surface area contributed by atoms with Crippen molar-refractivity contribution in [3.63, 3.8) is 0 Å². The predicted molar refractivity (Wildman–Crippen MR) is 67.2 cm³/mol. The molecule has 4 heteroatoms. The fourth-order valence-electron chi connectivity index (χ4n) is 1.71. The van der Waals surface area contributed by atoms with E-state index in [9.17, 15) is 8.78 Å². The van der Waals surface area contributed by atoms with Crippen LogP contribution < -0.4 is 5.32 Å². The van der Waals surface area contributed by atoms with Crippen molar-refractivity contribution in [1.29, 1.82) is 0 Å². The standard InChI is InChI=1S/C13H18ClF2N/c1-2-10(6-7-14)8-17-9-11-12(15)4-3-5-13(11)16/h3-5,10,17H,2,6-9H2,1H3. The van der Waals surface area contributed by atoms with E-state index in [2.05, 4.69) is 12.2 Å². The van der Waals surface area contributed by atoms with Gasteiger partial charge in [0.25, 0.3) is 0 Å². The molecule has 1 nitrogen and oxygen atoms in total. The highest BCUT2D eigenvalue weighted by atomic mass is 35.5. The molecule has 1 N–H and O–H groups in total. The molecule has 1 rings (SSSR count). The summed E-state index contributed by atoms with van der Waals surface area (Å²) in [5, 5.41) is 3.08. The number of halogens is 3. The van der Waals surface area contributed by atoms with Crippen LogP contribution in [0, 0.1) is 17.6 Å². The third kappa shape index (κ3) is 4.60. The minimum absolute atomic E-state index is 0.105. The molecule has 0 fully saturated rings. The van der Waals surface area contributed by atoms with Crippen molar-refractivity contribution >= 4 is 11.6 Å². The highest BCUT2D eigenvalue weighted by Gasteiger charge is 2.09. The Morgan fingerprint density at radius 3 is 2.47 bits per heavy atom. The van der Waals surface area contributed by atoms with Gasteiger partial charge in [-0.3, -0.25) is 0 Å². The van der Waals surface area contributed by atoms with Crippen LogP contribution in [0.1, 0.15) is 25.3 Å². The highest BCUT2D eigenvalue weighted by molar-refractivity contribution is 6.17. The third-order valence-corrected chi connectivity index (χ3v) is 3.11. The van der Waals surface area contributed by atoms with Gasteiger partial charge in [-0.05, 0) is 31.0 Å². The lowest BCUT2D eigenvalue weighted by molar-refractivity contribution is 0.442. The van der Waals surface area contributed by atoms with Gasteiger partial charge in [-0.15, -0.1) is 11.6 Å². The Labute approximate surface area is 106 Å². The first-order valence-electron chi connectivity index (χ1n) is 5.88. The SMILES string of the molecule is CCC(CCCl)CNCc1c(F)cccc1F. The van der Waals surface area contributed by atoms with Crippen LogP contribution in [0.5, 0.6) is 0 Å². The summed E-state index contributed by atoms with van der Waals surface area (Å²) in [5.41, 5.74) is 0.105. The van der Waals surface area contributed by atoms with E-state index >= 15 is 0 Å². The van der Waals surface area contributed by atoms with Gasteiger partial charge in [0.2, 0.25) is 0 Å². The molecule has 17 heavy (non-hydrogen) atoms. The number of hydrogen-bond donors (Lipinski definition) is 1. The Morgan fingerprint density at radius 1 is 1.29 bits per heavy atom. The second-order valence-corrected chi connectivity index (χ2v) is 4.46. The lowest BCUT2D eigenvalue weighted by Gasteiger charge is -2.14. The fraction of sp³-hybridized carbons (Fsp3) is 0.538. The van der Waals surface area contributed by atoms with Crippen molar-refractivity contribution in [1.82, 2.24) is 5.32 Å². The Morgan fingerprint density at radius 2 is 1.94 bits per heavy atom. The van der Waals surface area contributed by atoms with E-state index in [4.69, 9.17) is 11.6 Å². The summed E-state index contributed by atoms with van der Waals surface area (Å²) in [5.74, 6) is 0.0851. The molecule has 1 atom stereocenters. The second kappa shape index (κ2) is 7.62. The number of benzene rings is 1. The fourth-order valence-corrected chi connectivity index (χ4v) is 2.02. The maximum absolute atomic E-state index is 13.3. The average Bonchev–Trinajstić information content (AvgIpc) is 2.31. The third-order valence-electron chi connectivity index (χ3n) is 2.89. The van der Waals surface area contributed by atoms with Gasteiger partial charge in [-0.1, -0.05) is 19.4 Å². The number of alkyl halides is 1. The van der Waals surface area contributed by atoms with Gasteiger partial charge in [0, 0.05) is 18.0 Å². The maximum atomic E-state index is 13.3. The van der Waals surface area contributed by atoms with Gasteiger partial charge < -0.3 is 5.32 Å². The summed E-state index contributed by atoms with van der Waals surface area (Å²) >= 11 is 5.67. The zero-order chi connectivity index (χ0) is 12.7. The first-order valence-corrected chi connectivity index (χ1v) is 6.42. The van der Waals surface area contributed by atoms with Crippen molar-refractivity contribution in [3.05, 3.63) is 35.4 Å². The summed E-state index contributed by atoms with van der Waals surface area (Å²) < 4.78 is 26.6. The molecule has 0 heterocycles. The highest BCUT2D eigenvalue weighted by Crippen LogP contribution is 2.12. The number of rotatable bonds is 7. The van der Waals surface area contributed by atoms with Crippen molar-refractivity contribution in [2.24, 2.45) is 5.92 Å². The van der Waals surface area contributed by atoms with E-state index in [-0.39, 0.29) is 12.1 Å². The monoisotopic (exact) mass is 261 g/mol. The van der Waals surface area contributed by atoms with Crippen molar-refractivity contribution in [3.8, 4) is 0 Å². The molecule has 1 unspecified atom stereocenters. The van der Waals surface area contributed by atoms with Gasteiger partial charge in [-0.2, -0.15) is 0 Å². The summed E-state index contributed by atoms with van der Waals surface area (Å²) in [6, 6.07) is 3.92. The Hall–Kier alpha value is -0.670. The topological polar surface area (TPSA) is 12.0 Å². The van der Waals surface area contributed by atoms with Gasteiger partial charge >= 0.3 is 0 Å². The van der Waals surface area contributed by atoms with Crippen LogP contribution in [0.2, 0.25) is 0 Å². The molecule has 0 aliphatic heterocycles. The smallest absolute Gasteiger partial charge is 0.130 e. The largest absolute Gasteiger partial charge is 0.312 e.